The Morgan fingerprint density at radius 3 is 2.75 bits per heavy atom. The summed E-state index contributed by atoms with van der Waals surface area (Å²) in [6, 6.07) is 13.2. The number of aromatic nitrogens is 2. The highest BCUT2D eigenvalue weighted by Crippen LogP contribution is 2.31. The zero-order valence-electron chi connectivity index (χ0n) is 17.1. The van der Waals surface area contributed by atoms with Crippen molar-refractivity contribution in [3.05, 3.63) is 66.7 Å². The highest BCUT2D eigenvalue weighted by molar-refractivity contribution is 6.03. The average molecular weight is 436 g/mol. The first-order chi connectivity index (χ1) is 15.5. The number of amides is 2. The number of benzene rings is 2. The van der Waals surface area contributed by atoms with Crippen molar-refractivity contribution in [3.63, 3.8) is 0 Å². The van der Waals surface area contributed by atoms with Gasteiger partial charge in [-0.1, -0.05) is 12.1 Å². The van der Waals surface area contributed by atoms with Gasteiger partial charge in [-0.2, -0.15) is 5.10 Å². The van der Waals surface area contributed by atoms with Crippen molar-refractivity contribution in [2.75, 3.05) is 23.4 Å². The molecular weight excluding hydrogens is 415 g/mol. The summed E-state index contributed by atoms with van der Waals surface area (Å²) in [6.45, 7) is 1.11. The van der Waals surface area contributed by atoms with Crippen LogP contribution in [0.1, 0.15) is 6.42 Å². The molecule has 3 heterocycles. The number of nitrogens with zero attached hydrogens (tertiary/aromatic N) is 3. The van der Waals surface area contributed by atoms with E-state index in [1.165, 1.54) is 29.2 Å². The van der Waals surface area contributed by atoms with Gasteiger partial charge in [-0.05, 0) is 36.4 Å². The van der Waals surface area contributed by atoms with E-state index in [1.54, 1.807) is 17.1 Å². The SMILES string of the molecule is O=C(Nc1cnn(C[C@H]2COc3ccccc3O2)c1)[C@@H]1CC(=O)N(c2ccc(F)cc2)C1. The number of hydrogen-bond acceptors (Lipinski definition) is 5. The van der Waals surface area contributed by atoms with Crippen LogP contribution in [0.3, 0.4) is 0 Å². The van der Waals surface area contributed by atoms with Crippen LogP contribution in [0.4, 0.5) is 15.8 Å². The molecule has 3 aromatic rings. The predicted octanol–water partition coefficient (Wildman–Crippen LogP) is 2.85. The number of para-hydroxylation sites is 2. The number of fused-ring (bicyclic) bond motifs is 1. The van der Waals surface area contributed by atoms with Gasteiger partial charge in [-0.15, -0.1) is 0 Å². The van der Waals surface area contributed by atoms with Crippen LogP contribution in [-0.4, -0.2) is 40.9 Å². The predicted molar refractivity (Wildman–Crippen MR) is 114 cm³/mol. The molecule has 2 aliphatic heterocycles. The van der Waals surface area contributed by atoms with Crippen molar-refractivity contribution >= 4 is 23.2 Å². The fourth-order valence-corrected chi connectivity index (χ4v) is 3.89. The third-order valence-corrected chi connectivity index (χ3v) is 5.49. The summed E-state index contributed by atoms with van der Waals surface area (Å²) in [5, 5.41) is 7.11. The summed E-state index contributed by atoms with van der Waals surface area (Å²) in [4.78, 5) is 26.6. The second kappa shape index (κ2) is 8.33. The van der Waals surface area contributed by atoms with Crippen LogP contribution in [-0.2, 0) is 16.1 Å². The molecule has 1 saturated heterocycles. The first kappa shape index (κ1) is 20.0. The van der Waals surface area contributed by atoms with E-state index in [0.29, 0.717) is 30.3 Å². The first-order valence-electron chi connectivity index (χ1n) is 10.3. The summed E-state index contributed by atoms with van der Waals surface area (Å²) in [6.07, 6.45) is 3.18. The summed E-state index contributed by atoms with van der Waals surface area (Å²) < 4.78 is 26.5. The van der Waals surface area contributed by atoms with Gasteiger partial charge in [0.05, 0.1) is 24.3 Å². The number of carbonyl (C=O) groups is 2. The van der Waals surface area contributed by atoms with Crippen molar-refractivity contribution in [1.82, 2.24) is 9.78 Å². The molecule has 0 unspecified atom stereocenters. The number of halogens is 1. The van der Waals surface area contributed by atoms with Crippen LogP contribution in [0.5, 0.6) is 11.5 Å². The van der Waals surface area contributed by atoms with Crippen molar-refractivity contribution in [2.24, 2.45) is 5.92 Å². The minimum Gasteiger partial charge on any atom is -0.486 e. The van der Waals surface area contributed by atoms with Gasteiger partial charge in [0.1, 0.15) is 12.4 Å². The largest absolute Gasteiger partial charge is 0.486 e. The summed E-state index contributed by atoms with van der Waals surface area (Å²) >= 11 is 0. The van der Waals surface area contributed by atoms with E-state index in [1.807, 2.05) is 24.3 Å². The highest BCUT2D eigenvalue weighted by Gasteiger charge is 2.35. The molecule has 2 atom stereocenters. The maximum atomic E-state index is 13.1. The van der Waals surface area contributed by atoms with Crippen molar-refractivity contribution in [2.45, 2.75) is 19.1 Å². The van der Waals surface area contributed by atoms with Crippen LogP contribution in [0.15, 0.2) is 60.9 Å². The number of rotatable bonds is 5. The molecule has 0 aliphatic carbocycles. The molecule has 1 fully saturated rings. The number of hydrogen-bond donors (Lipinski definition) is 1. The lowest BCUT2D eigenvalue weighted by atomic mass is 10.1. The summed E-state index contributed by atoms with van der Waals surface area (Å²) in [7, 11) is 0. The second-order valence-electron chi connectivity index (χ2n) is 7.82. The molecule has 0 radical (unpaired) electrons. The maximum absolute atomic E-state index is 13.1. The fourth-order valence-electron chi connectivity index (χ4n) is 3.89. The number of nitrogens with one attached hydrogen (secondary N) is 1. The van der Waals surface area contributed by atoms with Gasteiger partial charge in [0, 0.05) is 24.8 Å². The van der Waals surface area contributed by atoms with Gasteiger partial charge in [0.15, 0.2) is 17.6 Å². The van der Waals surface area contributed by atoms with E-state index in [0.717, 1.165) is 5.75 Å². The molecule has 164 valence electrons. The molecule has 2 aliphatic rings. The monoisotopic (exact) mass is 436 g/mol. The highest BCUT2D eigenvalue weighted by atomic mass is 19.1. The van der Waals surface area contributed by atoms with E-state index in [9.17, 15) is 14.0 Å². The minimum absolute atomic E-state index is 0.101. The Labute approximate surface area is 183 Å². The van der Waals surface area contributed by atoms with E-state index in [-0.39, 0.29) is 36.7 Å². The lowest BCUT2D eigenvalue weighted by molar-refractivity contribution is -0.122. The first-order valence-corrected chi connectivity index (χ1v) is 10.3. The summed E-state index contributed by atoms with van der Waals surface area (Å²) in [5.41, 5.74) is 1.12. The van der Waals surface area contributed by atoms with Gasteiger partial charge in [-0.3, -0.25) is 14.3 Å². The van der Waals surface area contributed by atoms with Crippen LogP contribution in [0, 0.1) is 11.7 Å². The zero-order valence-corrected chi connectivity index (χ0v) is 17.1. The Bertz CT molecular complexity index is 1150. The third-order valence-electron chi connectivity index (χ3n) is 5.49. The second-order valence-corrected chi connectivity index (χ2v) is 7.82. The van der Waals surface area contributed by atoms with Gasteiger partial charge in [0.2, 0.25) is 11.8 Å². The van der Waals surface area contributed by atoms with Crippen LogP contribution in [0.2, 0.25) is 0 Å². The van der Waals surface area contributed by atoms with Crippen molar-refractivity contribution < 1.29 is 23.5 Å². The van der Waals surface area contributed by atoms with Gasteiger partial charge < -0.3 is 19.7 Å². The van der Waals surface area contributed by atoms with E-state index < -0.39 is 5.92 Å². The maximum Gasteiger partial charge on any atom is 0.229 e. The van der Waals surface area contributed by atoms with E-state index in [4.69, 9.17) is 9.47 Å². The molecule has 0 bridgehead atoms. The van der Waals surface area contributed by atoms with Gasteiger partial charge in [-0.25, -0.2) is 4.39 Å². The molecule has 1 N–H and O–H groups in total. The topological polar surface area (TPSA) is 85.7 Å². The number of carbonyl (C=O) groups excluding carboxylic acids is 2. The van der Waals surface area contributed by atoms with Crippen LogP contribution < -0.4 is 19.7 Å². The average Bonchev–Trinajstić information content (AvgIpc) is 3.40. The van der Waals surface area contributed by atoms with Gasteiger partial charge in [0.25, 0.3) is 0 Å². The van der Waals surface area contributed by atoms with Crippen molar-refractivity contribution in [3.8, 4) is 11.5 Å². The summed E-state index contributed by atoms with van der Waals surface area (Å²) in [5.74, 6) is 0.124. The smallest absolute Gasteiger partial charge is 0.229 e. The third kappa shape index (κ3) is 4.14. The molecule has 2 amide bonds. The normalized spacial score (nSPS) is 19.8. The molecule has 0 spiro atoms. The van der Waals surface area contributed by atoms with E-state index in [2.05, 4.69) is 10.4 Å². The molecule has 1 aromatic heterocycles. The van der Waals surface area contributed by atoms with E-state index >= 15 is 0 Å². The molecular formula is C23H21FN4O4. The Kier molecular flexibility index (Phi) is 5.22. The molecule has 0 saturated carbocycles. The fraction of sp³-hybridized carbons (Fsp3) is 0.261. The molecule has 8 nitrogen and oxygen atoms in total. The minimum atomic E-state index is -0.498. The Balaban J connectivity index is 1.17. The Hall–Kier alpha value is -3.88. The van der Waals surface area contributed by atoms with Crippen LogP contribution >= 0.6 is 0 Å². The van der Waals surface area contributed by atoms with Crippen LogP contribution in [0.25, 0.3) is 0 Å². The lowest BCUT2D eigenvalue weighted by Gasteiger charge is -2.26. The molecule has 9 heteroatoms. The number of anilines is 2. The van der Waals surface area contributed by atoms with Gasteiger partial charge >= 0.3 is 0 Å². The quantitative estimate of drug-likeness (QED) is 0.665. The Morgan fingerprint density at radius 2 is 1.94 bits per heavy atom. The van der Waals surface area contributed by atoms with Crippen molar-refractivity contribution in [1.29, 1.82) is 0 Å². The number of ether oxygens (including phenoxy) is 2. The Morgan fingerprint density at radius 1 is 1.16 bits per heavy atom. The molecule has 32 heavy (non-hydrogen) atoms. The standard InChI is InChI=1S/C23H21FN4O4/c24-16-5-7-18(8-6-16)28-11-15(9-22(28)29)23(30)26-17-10-25-27(12-17)13-19-14-31-20-3-1-2-4-21(20)32-19/h1-8,10,12,15,19H,9,11,13-14H2,(H,26,30)/t15-,19+/m1/s1. The zero-order chi connectivity index (χ0) is 22.1. The lowest BCUT2D eigenvalue weighted by Crippen LogP contribution is -2.33. The molecule has 2 aromatic carbocycles. The molecule has 5 rings (SSSR count).